The fourth-order valence-corrected chi connectivity index (χ4v) is 1.78. The molecule has 0 saturated carbocycles. The van der Waals surface area contributed by atoms with Gasteiger partial charge in [0.15, 0.2) is 11.6 Å². The Kier molecular flexibility index (Phi) is 2.94. The second kappa shape index (κ2) is 4.76. The molecule has 0 amide bonds. The number of methoxy groups -OCH3 is 1. The second-order valence-corrected chi connectivity index (χ2v) is 4.15. The van der Waals surface area contributed by atoms with Crippen molar-refractivity contribution >= 4 is 0 Å². The summed E-state index contributed by atoms with van der Waals surface area (Å²) in [5.41, 5.74) is 1.24. The summed E-state index contributed by atoms with van der Waals surface area (Å²) in [4.78, 5) is 11.3. The van der Waals surface area contributed by atoms with Gasteiger partial charge in [-0.25, -0.2) is 9.37 Å². The third kappa shape index (κ3) is 2.13. The molecule has 0 bridgehead atoms. The molecule has 20 heavy (non-hydrogen) atoms. The first kappa shape index (κ1) is 12.3. The van der Waals surface area contributed by atoms with Gasteiger partial charge in [0, 0.05) is 5.56 Å². The Morgan fingerprint density at radius 3 is 2.90 bits per heavy atom. The molecule has 0 aliphatic heterocycles. The Morgan fingerprint density at radius 1 is 1.35 bits per heavy atom. The number of aryl methyl sites for hydroxylation is 1. The molecule has 0 saturated heterocycles. The minimum Gasteiger partial charge on any atom is -0.494 e. The zero-order valence-electron chi connectivity index (χ0n) is 10.8. The summed E-state index contributed by atoms with van der Waals surface area (Å²) in [6.45, 7) is 1.83. The van der Waals surface area contributed by atoms with E-state index in [0.717, 1.165) is 5.82 Å². The van der Waals surface area contributed by atoms with E-state index in [9.17, 15) is 4.39 Å². The molecule has 0 aliphatic carbocycles. The maximum absolute atomic E-state index is 13.4. The number of nitrogens with one attached hydrogen (secondary N) is 1. The van der Waals surface area contributed by atoms with Crippen LogP contribution in [0, 0.1) is 12.7 Å². The molecule has 2 heterocycles. The molecule has 1 aromatic carbocycles. The molecule has 3 rings (SSSR count). The van der Waals surface area contributed by atoms with Crippen molar-refractivity contribution in [1.82, 2.24) is 20.1 Å². The fourth-order valence-electron chi connectivity index (χ4n) is 1.78. The number of halogens is 1. The summed E-state index contributed by atoms with van der Waals surface area (Å²) in [7, 11) is 1.40. The van der Waals surface area contributed by atoms with Gasteiger partial charge < -0.3 is 14.2 Å². The molecule has 102 valence electrons. The highest BCUT2D eigenvalue weighted by molar-refractivity contribution is 5.59. The third-order valence-corrected chi connectivity index (χ3v) is 2.77. The lowest BCUT2D eigenvalue weighted by atomic mass is 10.2. The summed E-state index contributed by atoms with van der Waals surface area (Å²) in [5.74, 6) is 1.12. The molecule has 0 atom stereocenters. The normalized spacial score (nSPS) is 10.8. The zero-order chi connectivity index (χ0) is 14.1. The Hall–Kier alpha value is -2.70. The Bertz CT molecular complexity index is 750. The van der Waals surface area contributed by atoms with Crippen LogP contribution in [-0.4, -0.2) is 27.2 Å². The lowest BCUT2D eigenvalue weighted by Gasteiger charge is -2.02. The Balaban J connectivity index is 1.97. The van der Waals surface area contributed by atoms with Gasteiger partial charge in [-0.2, -0.15) is 4.98 Å². The highest BCUT2D eigenvalue weighted by atomic mass is 19.1. The predicted octanol–water partition coefficient (Wildman–Crippen LogP) is 2.58. The van der Waals surface area contributed by atoms with Crippen molar-refractivity contribution in [2.45, 2.75) is 6.92 Å². The van der Waals surface area contributed by atoms with Crippen molar-refractivity contribution in [3.05, 3.63) is 36.0 Å². The van der Waals surface area contributed by atoms with E-state index in [-0.39, 0.29) is 5.75 Å². The first-order chi connectivity index (χ1) is 9.67. The lowest BCUT2D eigenvalue weighted by Crippen LogP contribution is -1.89. The van der Waals surface area contributed by atoms with Gasteiger partial charge in [-0.05, 0) is 25.1 Å². The van der Waals surface area contributed by atoms with Crippen LogP contribution in [0.2, 0.25) is 0 Å². The number of benzene rings is 1. The van der Waals surface area contributed by atoms with Crippen molar-refractivity contribution in [1.29, 1.82) is 0 Å². The molecule has 0 radical (unpaired) electrons. The van der Waals surface area contributed by atoms with E-state index in [1.807, 2.05) is 6.92 Å². The van der Waals surface area contributed by atoms with Gasteiger partial charge in [-0.3, -0.25) is 0 Å². The molecule has 0 unspecified atom stereocenters. The largest absolute Gasteiger partial charge is 0.494 e. The van der Waals surface area contributed by atoms with Crippen molar-refractivity contribution < 1.29 is 13.7 Å². The van der Waals surface area contributed by atoms with Crippen LogP contribution in [-0.2, 0) is 0 Å². The van der Waals surface area contributed by atoms with Crippen LogP contribution < -0.4 is 4.74 Å². The minimum atomic E-state index is -0.441. The molecular formula is C13H11FN4O2. The van der Waals surface area contributed by atoms with Gasteiger partial charge in [0.2, 0.25) is 5.82 Å². The minimum absolute atomic E-state index is 0.131. The number of hydrogen-bond donors (Lipinski definition) is 1. The van der Waals surface area contributed by atoms with Gasteiger partial charge in [0.25, 0.3) is 5.89 Å². The van der Waals surface area contributed by atoms with E-state index in [2.05, 4.69) is 20.1 Å². The number of nitrogens with zero attached hydrogens (tertiary/aromatic N) is 3. The average Bonchev–Trinajstić information content (AvgIpc) is 3.08. The molecule has 1 N–H and O–H groups in total. The number of rotatable bonds is 3. The number of imidazole rings is 1. The zero-order valence-corrected chi connectivity index (χ0v) is 10.8. The van der Waals surface area contributed by atoms with Gasteiger partial charge in [-0.15, -0.1) is 0 Å². The fraction of sp³-hybridized carbons (Fsp3) is 0.154. The van der Waals surface area contributed by atoms with Gasteiger partial charge >= 0.3 is 0 Å². The molecular weight excluding hydrogens is 263 g/mol. The number of ether oxygens (including phenoxy) is 1. The van der Waals surface area contributed by atoms with Gasteiger partial charge in [0.1, 0.15) is 11.5 Å². The third-order valence-electron chi connectivity index (χ3n) is 2.77. The molecule has 6 nitrogen and oxygen atoms in total. The maximum Gasteiger partial charge on any atom is 0.276 e. The van der Waals surface area contributed by atoms with E-state index >= 15 is 0 Å². The summed E-state index contributed by atoms with van der Waals surface area (Å²) in [6.07, 6.45) is 1.61. The van der Waals surface area contributed by atoms with E-state index in [1.54, 1.807) is 12.3 Å². The second-order valence-electron chi connectivity index (χ2n) is 4.15. The van der Waals surface area contributed by atoms with Crippen molar-refractivity contribution in [3.63, 3.8) is 0 Å². The summed E-state index contributed by atoms with van der Waals surface area (Å²) in [5, 5.41) is 3.87. The lowest BCUT2D eigenvalue weighted by molar-refractivity contribution is 0.386. The van der Waals surface area contributed by atoms with Crippen molar-refractivity contribution in [2.75, 3.05) is 7.11 Å². The Morgan fingerprint density at radius 2 is 2.20 bits per heavy atom. The average molecular weight is 274 g/mol. The van der Waals surface area contributed by atoms with Crippen LogP contribution in [0.5, 0.6) is 5.75 Å². The van der Waals surface area contributed by atoms with Crippen LogP contribution in [0.1, 0.15) is 5.82 Å². The van der Waals surface area contributed by atoms with Crippen LogP contribution in [0.25, 0.3) is 23.0 Å². The van der Waals surface area contributed by atoms with Crippen molar-refractivity contribution in [3.8, 4) is 28.7 Å². The van der Waals surface area contributed by atoms with Crippen LogP contribution in [0.15, 0.2) is 28.9 Å². The number of hydrogen-bond acceptors (Lipinski definition) is 5. The monoisotopic (exact) mass is 274 g/mol. The van der Waals surface area contributed by atoms with E-state index in [1.165, 1.54) is 19.2 Å². The van der Waals surface area contributed by atoms with E-state index in [0.29, 0.717) is 23.0 Å². The number of aromatic nitrogens is 4. The molecule has 0 spiro atoms. The number of aromatic amines is 1. The standard InChI is InChI=1S/C13H11FN4O2/c1-7-15-6-10(16-7)13-17-12(18-20-13)8-3-4-9(14)11(5-8)19-2/h3-6H,1-2H3,(H,15,16). The van der Waals surface area contributed by atoms with E-state index in [4.69, 9.17) is 9.26 Å². The SMILES string of the molecule is COc1cc(-c2noc(-c3cnc(C)[nH]3)n2)ccc1F. The van der Waals surface area contributed by atoms with Gasteiger partial charge in [-0.1, -0.05) is 5.16 Å². The Labute approximate surface area is 113 Å². The smallest absolute Gasteiger partial charge is 0.276 e. The maximum atomic E-state index is 13.4. The first-order valence-corrected chi connectivity index (χ1v) is 5.87. The quantitative estimate of drug-likeness (QED) is 0.794. The van der Waals surface area contributed by atoms with Crippen LogP contribution >= 0.6 is 0 Å². The highest BCUT2D eigenvalue weighted by Crippen LogP contribution is 2.26. The molecule has 3 aromatic rings. The van der Waals surface area contributed by atoms with Crippen LogP contribution in [0.4, 0.5) is 4.39 Å². The molecule has 0 aliphatic rings. The first-order valence-electron chi connectivity index (χ1n) is 5.87. The van der Waals surface area contributed by atoms with E-state index < -0.39 is 5.82 Å². The van der Waals surface area contributed by atoms with Gasteiger partial charge in [0.05, 0.1) is 13.3 Å². The summed E-state index contributed by atoms with van der Waals surface area (Å²) < 4.78 is 23.4. The molecule has 0 fully saturated rings. The summed E-state index contributed by atoms with van der Waals surface area (Å²) >= 11 is 0. The number of H-pyrrole nitrogens is 1. The highest BCUT2D eigenvalue weighted by Gasteiger charge is 2.14. The topological polar surface area (TPSA) is 76.8 Å². The molecule has 7 heteroatoms. The summed E-state index contributed by atoms with van der Waals surface area (Å²) in [6, 6.07) is 4.37. The van der Waals surface area contributed by atoms with Crippen molar-refractivity contribution in [2.24, 2.45) is 0 Å². The van der Waals surface area contributed by atoms with Crippen LogP contribution in [0.3, 0.4) is 0 Å². The predicted molar refractivity (Wildman–Crippen MR) is 68.6 cm³/mol. The molecule has 2 aromatic heterocycles.